The van der Waals surface area contributed by atoms with E-state index < -0.39 is 0 Å². The molecule has 3 atom stereocenters. The predicted octanol–water partition coefficient (Wildman–Crippen LogP) is 5.22. The van der Waals surface area contributed by atoms with Crippen LogP contribution in [0.2, 0.25) is 0 Å². The Bertz CT molecular complexity index is 372. The van der Waals surface area contributed by atoms with Gasteiger partial charge in [0.05, 0.1) is 0 Å². The van der Waals surface area contributed by atoms with E-state index in [9.17, 15) is 4.39 Å². The molecule has 0 aromatic heterocycles. The van der Waals surface area contributed by atoms with Crippen LogP contribution in [0.5, 0.6) is 0 Å². The molecule has 0 N–H and O–H groups in total. The van der Waals surface area contributed by atoms with Crippen LogP contribution in [0.25, 0.3) is 0 Å². The summed E-state index contributed by atoms with van der Waals surface area (Å²) in [6.07, 6.45) is 7.72. The quantitative estimate of drug-likeness (QED) is 0.670. The summed E-state index contributed by atoms with van der Waals surface area (Å²) in [4.78, 5) is 0. The molecule has 0 amide bonds. The van der Waals surface area contributed by atoms with E-state index in [1.165, 1.54) is 38.2 Å². The van der Waals surface area contributed by atoms with Gasteiger partial charge in [0.2, 0.25) is 0 Å². The second-order valence-electron chi connectivity index (χ2n) is 5.84. The highest BCUT2D eigenvalue weighted by Crippen LogP contribution is 2.42. The van der Waals surface area contributed by atoms with Gasteiger partial charge < -0.3 is 0 Å². The van der Waals surface area contributed by atoms with Crippen LogP contribution in [0, 0.1) is 23.6 Å². The van der Waals surface area contributed by atoms with Gasteiger partial charge in [-0.1, -0.05) is 38.8 Å². The van der Waals surface area contributed by atoms with Crippen LogP contribution in [0.3, 0.4) is 0 Å². The molecule has 0 aliphatic heterocycles. The van der Waals surface area contributed by atoms with Crippen LogP contribution in [-0.4, -0.2) is 0 Å². The fraction of sp³-hybridized carbons (Fsp3) is 0.647. The maximum atomic E-state index is 13.1. The van der Waals surface area contributed by atoms with Crippen LogP contribution in [0.4, 0.5) is 4.39 Å². The molecule has 0 heterocycles. The zero-order valence-electron chi connectivity index (χ0n) is 11.7. The van der Waals surface area contributed by atoms with Crippen LogP contribution >= 0.6 is 0 Å². The summed E-state index contributed by atoms with van der Waals surface area (Å²) in [7, 11) is 0. The zero-order valence-corrected chi connectivity index (χ0v) is 11.7. The number of hydrogen-bond donors (Lipinski definition) is 0. The largest absolute Gasteiger partial charge is 0.207 e. The number of benzene rings is 1. The topological polar surface area (TPSA) is 0 Å². The molecule has 1 aliphatic carbocycles. The molecule has 2 rings (SSSR count). The molecule has 18 heavy (non-hydrogen) atoms. The third-order valence-corrected chi connectivity index (χ3v) is 4.73. The van der Waals surface area contributed by atoms with Crippen LogP contribution in [0.15, 0.2) is 24.3 Å². The van der Waals surface area contributed by atoms with E-state index in [1.54, 1.807) is 6.07 Å². The number of rotatable bonds is 5. The first-order valence-corrected chi connectivity index (χ1v) is 7.47. The Morgan fingerprint density at radius 1 is 1.11 bits per heavy atom. The Morgan fingerprint density at radius 2 is 1.89 bits per heavy atom. The van der Waals surface area contributed by atoms with Crippen molar-refractivity contribution in [3.05, 3.63) is 35.6 Å². The highest BCUT2D eigenvalue weighted by molar-refractivity contribution is 5.16. The number of aryl methyl sites for hydroxylation is 1. The van der Waals surface area contributed by atoms with E-state index in [2.05, 4.69) is 19.9 Å². The lowest BCUT2D eigenvalue weighted by atomic mass is 9.88. The molecule has 0 radical (unpaired) electrons. The molecule has 1 saturated carbocycles. The zero-order chi connectivity index (χ0) is 13.0. The molecule has 0 spiro atoms. The van der Waals surface area contributed by atoms with Crippen molar-refractivity contribution in [3.8, 4) is 0 Å². The molecular weight excluding hydrogens is 223 g/mol. The molecule has 100 valence electrons. The molecule has 1 heteroatoms. The van der Waals surface area contributed by atoms with Crippen molar-refractivity contribution in [1.29, 1.82) is 0 Å². The summed E-state index contributed by atoms with van der Waals surface area (Å²) in [6.45, 7) is 4.63. The molecule has 1 aromatic carbocycles. The van der Waals surface area contributed by atoms with Crippen LogP contribution < -0.4 is 0 Å². The van der Waals surface area contributed by atoms with Crippen molar-refractivity contribution in [3.63, 3.8) is 0 Å². The second kappa shape index (κ2) is 6.36. The average molecular weight is 248 g/mol. The lowest BCUT2D eigenvalue weighted by molar-refractivity contribution is 0.355. The highest BCUT2D eigenvalue weighted by atomic mass is 19.1. The van der Waals surface area contributed by atoms with E-state index >= 15 is 0 Å². The van der Waals surface area contributed by atoms with E-state index in [4.69, 9.17) is 0 Å². The first kappa shape index (κ1) is 13.6. The SMILES string of the molecule is CCC1CC(CC)C(CCc2cccc(F)c2)C1. The van der Waals surface area contributed by atoms with Gasteiger partial charge in [-0.2, -0.15) is 0 Å². The predicted molar refractivity (Wildman–Crippen MR) is 75.0 cm³/mol. The maximum Gasteiger partial charge on any atom is 0.123 e. The molecular formula is C17H25F. The van der Waals surface area contributed by atoms with Gasteiger partial charge in [0.1, 0.15) is 5.82 Å². The van der Waals surface area contributed by atoms with Gasteiger partial charge in [0.25, 0.3) is 0 Å². The molecule has 0 bridgehead atoms. The van der Waals surface area contributed by atoms with Crippen molar-refractivity contribution in [2.24, 2.45) is 17.8 Å². The van der Waals surface area contributed by atoms with Crippen molar-refractivity contribution in [2.75, 3.05) is 0 Å². The van der Waals surface area contributed by atoms with Gasteiger partial charge in [0.15, 0.2) is 0 Å². The Balaban J connectivity index is 1.89. The van der Waals surface area contributed by atoms with E-state index in [1.807, 2.05) is 6.07 Å². The van der Waals surface area contributed by atoms with Gasteiger partial charge in [-0.05, 0) is 61.1 Å². The highest BCUT2D eigenvalue weighted by Gasteiger charge is 2.31. The summed E-state index contributed by atoms with van der Waals surface area (Å²) >= 11 is 0. The maximum absolute atomic E-state index is 13.1. The summed E-state index contributed by atoms with van der Waals surface area (Å²) in [6, 6.07) is 7.09. The monoisotopic (exact) mass is 248 g/mol. The standard InChI is InChI=1S/C17H25F/c1-3-13-10-15(4-2)16(11-13)9-8-14-6-5-7-17(18)12-14/h5-7,12-13,15-16H,3-4,8-11H2,1-2H3. The summed E-state index contributed by atoms with van der Waals surface area (Å²) in [5, 5.41) is 0. The summed E-state index contributed by atoms with van der Waals surface area (Å²) in [5.41, 5.74) is 1.16. The third kappa shape index (κ3) is 3.34. The lowest BCUT2D eigenvalue weighted by Crippen LogP contribution is -2.07. The number of hydrogen-bond acceptors (Lipinski definition) is 0. The Kier molecular flexibility index (Phi) is 4.79. The minimum absolute atomic E-state index is 0.0996. The average Bonchev–Trinajstić information content (AvgIpc) is 2.79. The minimum atomic E-state index is -0.0996. The molecule has 0 saturated heterocycles. The van der Waals surface area contributed by atoms with Gasteiger partial charge in [-0.25, -0.2) is 4.39 Å². The van der Waals surface area contributed by atoms with Crippen molar-refractivity contribution < 1.29 is 4.39 Å². The first-order chi connectivity index (χ1) is 8.72. The molecule has 0 nitrogen and oxygen atoms in total. The van der Waals surface area contributed by atoms with E-state index in [-0.39, 0.29) is 5.82 Å². The van der Waals surface area contributed by atoms with Crippen molar-refractivity contribution in [1.82, 2.24) is 0 Å². The normalized spacial score (nSPS) is 27.6. The van der Waals surface area contributed by atoms with E-state index in [0.717, 1.165) is 29.7 Å². The number of halogens is 1. The molecule has 1 aliphatic rings. The molecule has 3 unspecified atom stereocenters. The second-order valence-corrected chi connectivity index (χ2v) is 5.84. The Morgan fingerprint density at radius 3 is 2.56 bits per heavy atom. The Hall–Kier alpha value is -0.850. The smallest absolute Gasteiger partial charge is 0.123 e. The third-order valence-electron chi connectivity index (χ3n) is 4.73. The first-order valence-electron chi connectivity index (χ1n) is 7.47. The van der Waals surface area contributed by atoms with Gasteiger partial charge >= 0.3 is 0 Å². The molecule has 1 fully saturated rings. The van der Waals surface area contributed by atoms with Crippen molar-refractivity contribution >= 4 is 0 Å². The Labute approximate surface area is 111 Å². The van der Waals surface area contributed by atoms with Gasteiger partial charge in [-0.3, -0.25) is 0 Å². The van der Waals surface area contributed by atoms with Crippen molar-refractivity contribution in [2.45, 2.75) is 52.4 Å². The fourth-order valence-corrected chi connectivity index (χ4v) is 3.57. The van der Waals surface area contributed by atoms with E-state index in [0.29, 0.717) is 0 Å². The summed E-state index contributed by atoms with van der Waals surface area (Å²) < 4.78 is 13.1. The van der Waals surface area contributed by atoms with Crippen LogP contribution in [-0.2, 0) is 6.42 Å². The fourth-order valence-electron chi connectivity index (χ4n) is 3.57. The van der Waals surface area contributed by atoms with Crippen LogP contribution in [0.1, 0.15) is 51.5 Å². The lowest BCUT2D eigenvalue weighted by Gasteiger charge is -2.17. The molecule has 1 aromatic rings. The van der Waals surface area contributed by atoms with Gasteiger partial charge in [0, 0.05) is 0 Å². The minimum Gasteiger partial charge on any atom is -0.207 e. The van der Waals surface area contributed by atoms with Gasteiger partial charge in [-0.15, -0.1) is 0 Å². The summed E-state index contributed by atoms with van der Waals surface area (Å²) in [5.74, 6) is 2.61.